The second-order valence-corrected chi connectivity index (χ2v) is 5.64. The number of nitrogens with zero attached hydrogens (tertiary/aromatic N) is 1. The fourth-order valence-electron chi connectivity index (χ4n) is 1.75. The first-order valence-electron chi connectivity index (χ1n) is 5.84. The number of carbonyl (C=O) groups is 1. The van der Waals surface area contributed by atoms with E-state index in [1.165, 1.54) is 11.3 Å². The minimum Gasteiger partial charge on any atom is -0.496 e. The molecule has 0 radical (unpaired) electrons. The van der Waals surface area contributed by atoms with Crippen molar-refractivity contribution in [2.45, 2.75) is 13.3 Å². The number of methoxy groups -OCH3 is 1. The van der Waals surface area contributed by atoms with Crippen LogP contribution in [0.15, 0.2) is 18.2 Å². The van der Waals surface area contributed by atoms with Gasteiger partial charge in [-0.3, -0.25) is 10.2 Å². The molecule has 0 fully saturated rings. The summed E-state index contributed by atoms with van der Waals surface area (Å²) >= 11 is 7.38. The van der Waals surface area contributed by atoms with E-state index in [-0.39, 0.29) is 12.3 Å². The molecule has 2 rings (SSSR count). The molecule has 1 amide bonds. The Balaban J connectivity index is 2.39. The molecule has 106 valence electrons. The maximum atomic E-state index is 11.3. The van der Waals surface area contributed by atoms with Crippen LogP contribution < -0.4 is 16.0 Å². The Morgan fingerprint density at radius 3 is 2.95 bits per heavy atom. The molecule has 7 heteroatoms. The first-order chi connectivity index (χ1) is 9.55. The molecular weight excluding hydrogens is 298 g/mol. The fourth-order valence-corrected chi connectivity index (χ4v) is 3.00. The normalized spacial score (nSPS) is 10.4. The van der Waals surface area contributed by atoms with Crippen molar-refractivity contribution in [2.24, 2.45) is 5.84 Å². The SMILES string of the molecule is COc1cc(Cl)ccc1-c1nc(C)c(CC(=O)NN)s1. The lowest BCUT2D eigenvalue weighted by molar-refractivity contribution is -0.120. The minimum absolute atomic E-state index is 0.218. The van der Waals surface area contributed by atoms with Crippen LogP contribution in [0.2, 0.25) is 5.02 Å². The van der Waals surface area contributed by atoms with E-state index in [9.17, 15) is 4.79 Å². The van der Waals surface area contributed by atoms with Gasteiger partial charge in [0, 0.05) is 9.90 Å². The summed E-state index contributed by atoms with van der Waals surface area (Å²) in [6.07, 6.45) is 0.218. The average molecular weight is 312 g/mol. The van der Waals surface area contributed by atoms with E-state index >= 15 is 0 Å². The lowest BCUT2D eigenvalue weighted by Crippen LogP contribution is -2.31. The van der Waals surface area contributed by atoms with Gasteiger partial charge in [-0.1, -0.05) is 11.6 Å². The van der Waals surface area contributed by atoms with E-state index in [4.69, 9.17) is 22.2 Å². The van der Waals surface area contributed by atoms with Gasteiger partial charge in [0.15, 0.2) is 0 Å². The molecule has 0 atom stereocenters. The molecule has 20 heavy (non-hydrogen) atoms. The van der Waals surface area contributed by atoms with E-state index in [1.807, 2.05) is 13.0 Å². The van der Waals surface area contributed by atoms with Gasteiger partial charge in [-0.15, -0.1) is 11.3 Å². The molecule has 1 heterocycles. The van der Waals surface area contributed by atoms with Gasteiger partial charge in [0.1, 0.15) is 10.8 Å². The molecule has 3 N–H and O–H groups in total. The van der Waals surface area contributed by atoms with Crippen LogP contribution in [0.3, 0.4) is 0 Å². The van der Waals surface area contributed by atoms with Gasteiger partial charge in [-0.05, 0) is 25.1 Å². The Hall–Kier alpha value is -1.63. The zero-order valence-corrected chi connectivity index (χ0v) is 12.6. The van der Waals surface area contributed by atoms with Crippen molar-refractivity contribution >= 4 is 28.8 Å². The van der Waals surface area contributed by atoms with Crippen LogP contribution in [0, 0.1) is 6.92 Å². The van der Waals surface area contributed by atoms with Crippen LogP contribution in [-0.4, -0.2) is 18.0 Å². The number of nitrogens with one attached hydrogen (secondary N) is 1. The number of carbonyl (C=O) groups excluding carboxylic acids is 1. The summed E-state index contributed by atoms with van der Waals surface area (Å²) in [6.45, 7) is 1.86. The third-order valence-electron chi connectivity index (χ3n) is 2.77. The number of benzene rings is 1. The molecule has 1 aromatic carbocycles. The Bertz CT molecular complexity index is 643. The molecule has 1 aromatic heterocycles. The maximum absolute atomic E-state index is 11.3. The number of hydrazine groups is 1. The molecule has 0 unspecified atom stereocenters. The predicted octanol–water partition coefficient (Wildman–Crippen LogP) is 2.31. The average Bonchev–Trinajstić information content (AvgIpc) is 2.79. The van der Waals surface area contributed by atoms with Crippen molar-refractivity contribution in [3.8, 4) is 16.3 Å². The summed E-state index contributed by atoms with van der Waals surface area (Å²) in [5, 5.41) is 1.39. The second kappa shape index (κ2) is 6.21. The first-order valence-corrected chi connectivity index (χ1v) is 7.04. The van der Waals surface area contributed by atoms with Gasteiger partial charge in [-0.25, -0.2) is 10.8 Å². The standard InChI is InChI=1S/C13H14ClN3O2S/c1-7-11(6-12(18)17-15)20-13(16-7)9-4-3-8(14)5-10(9)19-2/h3-5H,6,15H2,1-2H3,(H,17,18). The van der Waals surface area contributed by atoms with Crippen molar-refractivity contribution in [1.82, 2.24) is 10.4 Å². The molecule has 0 aliphatic heterocycles. The molecular formula is C13H14ClN3O2S. The third-order valence-corrected chi connectivity index (χ3v) is 4.19. The number of hydrogen-bond donors (Lipinski definition) is 2. The highest BCUT2D eigenvalue weighted by atomic mass is 35.5. The number of aromatic nitrogens is 1. The predicted molar refractivity (Wildman–Crippen MR) is 79.9 cm³/mol. The second-order valence-electron chi connectivity index (χ2n) is 4.12. The van der Waals surface area contributed by atoms with E-state index in [1.54, 1.807) is 19.2 Å². The summed E-state index contributed by atoms with van der Waals surface area (Å²) in [5.41, 5.74) is 3.78. The largest absolute Gasteiger partial charge is 0.496 e. The number of nitrogens with two attached hydrogens (primary N) is 1. The van der Waals surface area contributed by atoms with E-state index < -0.39 is 0 Å². The molecule has 2 aromatic rings. The van der Waals surface area contributed by atoms with Gasteiger partial charge in [0.05, 0.1) is 24.8 Å². The number of thiazole rings is 1. The van der Waals surface area contributed by atoms with Crippen molar-refractivity contribution in [3.05, 3.63) is 33.8 Å². The molecule has 0 spiro atoms. The number of rotatable bonds is 4. The van der Waals surface area contributed by atoms with E-state index in [0.29, 0.717) is 10.8 Å². The van der Waals surface area contributed by atoms with Crippen molar-refractivity contribution in [3.63, 3.8) is 0 Å². The van der Waals surface area contributed by atoms with Crippen LogP contribution in [0.1, 0.15) is 10.6 Å². The molecule has 5 nitrogen and oxygen atoms in total. The van der Waals surface area contributed by atoms with Crippen molar-refractivity contribution in [2.75, 3.05) is 7.11 Å². The summed E-state index contributed by atoms with van der Waals surface area (Å²) < 4.78 is 5.31. The van der Waals surface area contributed by atoms with Gasteiger partial charge in [0.25, 0.3) is 0 Å². The highest BCUT2D eigenvalue weighted by Gasteiger charge is 2.15. The van der Waals surface area contributed by atoms with Crippen LogP contribution in [0.25, 0.3) is 10.6 Å². The smallest absolute Gasteiger partial charge is 0.239 e. The third kappa shape index (κ3) is 3.09. The van der Waals surface area contributed by atoms with Gasteiger partial charge < -0.3 is 4.74 Å². The lowest BCUT2D eigenvalue weighted by Gasteiger charge is -2.05. The molecule has 0 bridgehead atoms. The first kappa shape index (κ1) is 14.8. The van der Waals surface area contributed by atoms with Crippen LogP contribution >= 0.6 is 22.9 Å². The molecule has 0 aliphatic rings. The quantitative estimate of drug-likeness (QED) is 0.516. The summed E-state index contributed by atoms with van der Waals surface area (Å²) in [6, 6.07) is 5.37. The number of amides is 1. The van der Waals surface area contributed by atoms with Gasteiger partial charge in [0.2, 0.25) is 5.91 Å². The Morgan fingerprint density at radius 2 is 2.30 bits per heavy atom. The number of aryl methyl sites for hydroxylation is 1. The fraction of sp³-hybridized carbons (Fsp3) is 0.231. The van der Waals surface area contributed by atoms with Crippen molar-refractivity contribution < 1.29 is 9.53 Å². The lowest BCUT2D eigenvalue weighted by atomic mass is 10.2. The van der Waals surface area contributed by atoms with Gasteiger partial charge in [-0.2, -0.15) is 0 Å². The molecule has 0 saturated carbocycles. The summed E-state index contributed by atoms with van der Waals surface area (Å²) in [7, 11) is 1.58. The Labute approximate surface area is 125 Å². The summed E-state index contributed by atoms with van der Waals surface area (Å²) in [4.78, 5) is 16.7. The maximum Gasteiger partial charge on any atom is 0.239 e. The molecule has 0 saturated heterocycles. The van der Waals surface area contributed by atoms with Crippen LogP contribution in [-0.2, 0) is 11.2 Å². The Morgan fingerprint density at radius 1 is 1.55 bits per heavy atom. The Kier molecular flexibility index (Phi) is 4.59. The van der Waals surface area contributed by atoms with Crippen molar-refractivity contribution in [1.29, 1.82) is 0 Å². The highest BCUT2D eigenvalue weighted by Crippen LogP contribution is 2.36. The summed E-state index contributed by atoms with van der Waals surface area (Å²) in [5.74, 6) is 5.51. The van der Waals surface area contributed by atoms with E-state index in [0.717, 1.165) is 21.1 Å². The molecule has 0 aliphatic carbocycles. The highest BCUT2D eigenvalue weighted by molar-refractivity contribution is 7.15. The monoisotopic (exact) mass is 311 g/mol. The number of ether oxygens (including phenoxy) is 1. The number of halogens is 1. The zero-order chi connectivity index (χ0) is 14.7. The van der Waals surface area contributed by atoms with Crippen LogP contribution in [0.5, 0.6) is 5.75 Å². The minimum atomic E-state index is -0.244. The van der Waals surface area contributed by atoms with E-state index in [2.05, 4.69) is 10.4 Å². The van der Waals surface area contributed by atoms with Gasteiger partial charge >= 0.3 is 0 Å². The zero-order valence-electron chi connectivity index (χ0n) is 11.1. The number of hydrogen-bond acceptors (Lipinski definition) is 5. The topological polar surface area (TPSA) is 77.2 Å². The van der Waals surface area contributed by atoms with Crippen LogP contribution in [0.4, 0.5) is 0 Å².